The van der Waals surface area contributed by atoms with Crippen LogP contribution in [0.15, 0.2) is 48.5 Å². The number of benzene rings is 2. The van der Waals surface area contributed by atoms with Gasteiger partial charge in [-0.1, -0.05) is 35.9 Å². The quantitative estimate of drug-likeness (QED) is 0.771. The average molecular weight is 328 g/mol. The number of carbonyl (C=O) groups is 1. The number of aromatic nitrogens is 3. The molecule has 3 N–H and O–H groups in total. The summed E-state index contributed by atoms with van der Waals surface area (Å²) in [6, 6.07) is 14.2. The Kier molecular flexibility index (Phi) is 3.99. The highest BCUT2D eigenvalue weighted by atomic mass is 35.5. The summed E-state index contributed by atoms with van der Waals surface area (Å²) in [4.78, 5) is 16.5. The van der Waals surface area contributed by atoms with Crippen LogP contribution < -0.4 is 11.1 Å². The molecule has 23 heavy (non-hydrogen) atoms. The topological polar surface area (TPSA) is 85.8 Å². The van der Waals surface area contributed by atoms with E-state index in [9.17, 15) is 4.79 Å². The molecule has 0 aliphatic carbocycles. The minimum Gasteiger partial charge on any atom is -0.368 e. The number of hydrogen-bond acceptors (Lipinski definition) is 5. The Morgan fingerprint density at radius 3 is 2.70 bits per heavy atom. The van der Waals surface area contributed by atoms with Crippen LogP contribution in [0.25, 0.3) is 0 Å². The molecule has 0 aliphatic rings. The summed E-state index contributed by atoms with van der Waals surface area (Å²) in [6.07, 6.45) is 0. The van der Waals surface area contributed by atoms with Crippen LogP contribution in [-0.4, -0.2) is 20.7 Å². The van der Waals surface area contributed by atoms with Gasteiger partial charge in [-0.2, -0.15) is 9.67 Å². The predicted molar refractivity (Wildman–Crippen MR) is 90.1 cm³/mol. The van der Waals surface area contributed by atoms with Crippen LogP contribution in [-0.2, 0) is 0 Å². The van der Waals surface area contributed by atoms with Crippen LogP contribution >= 0.6 is 11.6 Å². The maximum Gasteiger partial charge on any atom is 0.281 e. The lowest BCUT2D eigenvalue weighted by Crippen LogP contribution is -2.16. The largest absolute Gasteiger partial charge is 0.368 e. The molecule has 0 unspecified atom stereocenters. The highest BCUT2D eigenvalue weighted by Gasteiger charge is 2.16. The van der Waals surface area contributed by atoms with Crippen molar-refractivity contribution in [2.75, 3.05) is 11.1 Å². The first-order valence-corrected chi connectivity index (χ1v) is 7.28. The molecule has 0 fully saturated rings. The second-order valence-electron chi connectivity index (χ2n) is 4.96. The van der Waals surface area contributed by atoms with E-state index in [2.05, 4.69) is 15.4 Å². The summed E-state index contributed by atoms with van der Waals surface area (Å²) in [5.41, 5.74) is 8.01. The lowest BCUT2D eigenvalue weighted by atomic mass is 10.2. The van der Waals surface area contributed by atoms with Gasteiger partial charge in [0.15, 0.2) is 0 Å². The van der Waals surface area contributed by atoms with E-state index in [1.165, 1.54) is 0 Å². The molecule has 0 radical (unpaired) electrons. The van der Waals surface area contributed by atoms with Crippen molar-refractivity contribution in [3.63, 3.8) is 0 Å². The highest BCUT2D eigenvalue weighted by molar-refractivity contribution is 6.30. The SMILES string of the molecule is Cc1ccc(Cl)cc1Nc1nc(N)n(C(=O)c2ccccc2)n1. The lowest BCUT2D eigenvalue weighted by molar-refractivity contribution is 0.0948. The van der Waals surface area contributed by atoms with Crippen molar-refractivity contribution in [3.05, 3.63) is 64.7 Å². The number of carbonyl (C=O) groups excluding carboxylic acids is 1. The second-order valence-corrected chi connectivity index (χ2v) is 5.40. The van der Waals surface area contributed by atoms with Gasteiger partial charge >= 0.3 is 0 Å². The zero-order chi connectivity index (χ0) is 16.4. The first-order chi connectivity index (χ1) is 11.0. The minimum absolute atomic E-state index is 0.0148. The van der Waals surface area contributed by atoms with Crippen LogP contribution in [0, 0.1) is 6.92 Å². The van der Waals surface area contributed by atoms with Crippen molar-refractivity contribution < 1.29 is 4.79 Å². The van der Waals surface area contributed by atoms with Crippen molar-refractivity contribution >= 4 is 35.1 Å². The average Bonchev–Trinajstić information content (AvgIpc) is 2.91. The molecular formula is C16H14ClN5O. The summed E-state index contributed by atoms with van der Waals surface area (Å²) in [7, 11) is 0. The third kappa shape index (κ3) is 3.17. The number of nitrogens with one attached hydrogen (secondary N) is 1. The first-order valence-electron chi connectivity index (χ1n) is 6.90. The second kappa shape index (κ2) is 6.10. The normalized spacial score (nSPS) is 10.5. The maximum absolute atomic E-state index is 12.4. The van der Waals surface area contributed by atoms with Crippen molar-refractivity contribution in [1.82, 2.24) is 14.8 Å². The van der Waals surface area contributed by atoms with Crippen LogP contribution in [0.5, 0.6) is 0 Å². The van der Waals surface area contributed by atoms with E-state index in [-0.39, 0.29) is 17.8 Å². The number of nitrogens with two attached hydrogens (primary N) is 1. The molecule has 0 atom stereocenters. The van der Waals surface area contributed by atoms with Crippen LogP contribution in [0.3, 0.4) is 0 Å². The summed E-state index contributed by atoms with van der Waals surface area (Å²) in [5.74, 6) is -0.0929. The Morgan fingerprint density at radius 2 is 1.96 bits per heavy atom. The molecule has 7 heteroatoms. The number of aryl methyl sites for hydroxylation is 1. The molecule has 0 amide bonds. The van der Waals surface area contributed by atoms with Gasteiger partial charge in [0.05, 0.1) is 0 Å². The van der Waals surface area contributed by atoms with E-state index in [0.717, 1.165) is 15.9 Å². The fourth-order valence-corrected chi connectivity index (χ4v) is 2.25. The van der Waals surface area contributed by atoms with Gasteiger partial charge in [0.1, 0.15) is 0 Å². The summed E-state index contributed by atoms with van der Waals surface area (Å²) < 4.78 is 1.07. The molecule has 6 nitrogen and oxygen atoms in total. The molecule has 1 heterocycles. The van der Waals surface area contributed by atoms with E-state index in [4.69, 9.17) is 17.3 Å². The van der Waals surface area contributed by atoms with E-state index >= 15 is 0 Å². The number of nitrogens with zero attached hydrogens (tertiary/aromatic N) is 3. The summed E-state index contributed by atoms with van der Waals surface area (Å²) in [6.45, 7) is 1.92. The predicted octanol–water partition coefficient (Wildman–Crippen LogP) is 3.25. The summed E-state index contributed by atoms with van der Waals surface area (Å²) >= 11 is 5.99. The molecule has 0 spiro atoms. The number of anilines is 3. The zero-order valence-electron chi connectivity index (χ0n) is 12.3. The minimum atomic E-state index is -0.341. The molecular weight excluding hydrogens is 314 g/mol. The van der Waals surface area contributed by atoms with Gasteiger partial charge in [0.25, 0.3) is 5.91 Å². The Bertz CT molecular complexity index is 860. The molecule has 2 aromatic carbocycles. The lowest BCUT2D eigenvalue weighted by Gasteiger charge is -2.06. The zero-order valence-corrected chi connectivity index (χ0v) is 13.1. The molecule has 0 aliphatic heterocycles. The molecule has 116 valence electrons. The standard InChI is InChI=1S/C16H14ClN5O/c1-10-7-8-12(17)9-13(10)19-16-20-15(18)22(21-16)14(23)11-5-3-2-4-6-11/h2-9H,1H3,(H3,18,19,20,21). The molecule has 0 saturated carbocycles. The fraction of sp³-hybridized carbons (Fsp3) is 0.0625. The molecule has 0 saturated heterocycles. The van der Waals surface area contributed by atoms with E-state index in [1.54, 1.807) is 36.4 Å². The molecule has 1 aromatic heterocycles. The summed E-state index contributed by atoms with van der Waals surface area (Å²) in [5, 5.41) is 7.74. The van der Waals surface area contributed by atoms with Crippen molar-refractivity contribution in [3.8, 4) is 0 Å². The van der Waals surface area contributed by atoms with Crippen LogP contribution in [0.4, 0.5) is 17.6 Å². The molecule has 3 aromatic rings. The molecule has 3 rings (SSSR count). The van der Waals surface area contributed by atoms with E-state index < -0.39 is 0 Å². The first kappa shape index (κ1) is 15.1. The Balaban J connectivity index is 1.89. The third-order valence-electron chi connectivity index (χ3n) is 3.29. The Morgan fingerprint density at radius 1 is 1.22 bits per heavy atom. The van der Waals surface area contributed by atoms with Crippen molar-refractivity contribution in [2.45, 2.75) is 6.92 Å². The van der Waals surface area contributed by atoms with Gasteiger partial charge in [-0.05, 0) is 36.8 Å². The van der Waals surface area contributed by atoms with Gasteiger partial charge < -0.3 is 11.1 Å². The van der Waals surface area contributed by atoms with Crippen molar-refractivity contribution in [1.29, 1.82) is 0 Å². The van der Waals surface area contributed by atoms with Gasteiger partial charge in [-0.3, -0.25) is 4.79 Å². The number of nitrogen functional groups attached to an aromatic ring is 1. The Labute approximate surface area is 137 Å². The van der Waals surface area contributed by atoms with Crippen molar-refractivity contribution in [2.24, 2.45) is 0 Å². The smallest absolute Gasteiger partial charge is 0.281 e. The Hall–Kier alpha value is -2.86. The van der Waals surface area contributed by atoms with Gasteiger partial charge in [0.2, 0.25) is 11.9 Å². The number of halogens is 1. The van der Waals surface area contributed by atoms with E-state index in [1.807, 2.05) is 19.1 Å². The van der Waals surface area contributed by atoms with Gasteiger partial charge in [-0.15, -0.1) is 5.10 Å². The third-order valence-corrected chi connectivity index (χ3v) is 3.53. The highest BCUT2D eigenvalue weighted by Crippen LogP contribution is 2.23. The van der Waals surface area contributed by atoms with Crippen LogP contribution in [0.1, 0.15) is 15.9 Å². The molecule has 0 bridgehead atoms. The fourth-order valence-electron chi connectivity index (χ4n) is 2.08. The monoisotopic (exact) mass is 327 g/mol. The van der Waals surface area contributed by atoms with E-state index in [0.29, 0.717) is 10.6 Å². The maximum atomic E-state index is 12.4. The van der Waals surface area contributed by atoms with Crippen LogP contribution in [0.2, 0.25) is 5.02 Å². The number of rotatable bonds is 3. The number of hydrogen-bond donors (Lipinski definition) is 2. The van der Waals surface area contributed by atoms with Gasteiger partial charge in [0, 0.05) is 16.3 Å². The van der Waals surface area contributed by atoms with Gasteiger partial charge in [-0.25, -0.2) is 0 Å².